The van der Waals surface area contributed by atoms with Crippen molar-refractivity contribution in [2.45, 2.75) is 16.6 Å². The lowest BCUT2D eigenvalue weighted by atomic mass is 10.1. The Labute approximate surface area is 175 Å². The van der Waals surface area contributed by atoms with E-state index in [0.717, 1.165) is 40.5 Å². The quantitative estimate of drug-likeness (QED) is 0.281. The Morgan fingerprint density at radius 2 is 1.50 bits per heavy atom. The van der Waals surface area contributed by atoms with Gasteiger partial charge in [0, 0.05) is 28.4 Å². The number of benzene rings is 2. The summed E-state index contributed by atoms with van der Waals surface area (Å²) in [5, 5.41) is 0.0502. The van der Waals surface area contributed by atoms with Crippen LogP contribution in [-0.2, 0) is 0 Å². The van der Waals surface area contributed by atoms with Gasteiger partial charge in [0.05, 0.1) is 16.6 Å². The maximum atomic E-state index is 4.93. The molecule has 5 heteroatoms. The summed E-state index contributed by atoms with van der Waals surface area (Å²) in [4.78, 5) is 13.8. The normalized spacial score (nSPS) is 12.0. The molecule has 0 bridgehead atoms. The number of hydrogen-bond acceptors (Lipinski definition) is 4. The molecule has 0 radical (unpaired) electrons. The van der Waals surface area contributed by atoms with Gasteiger partial charge in [0.15, 0.2) is 0 Å². The molecule has 140 valence electrons. The lowest BCUT2D eigenvalue weighted by Gasteiger charge is -2.07. The second-order valence-electron chi connectivity index (χ2n) is 6.41. The van der Waals surface area contributed by atoms with Gasteiger partial charge in [-0.3, -0.25) is 4.98 Å². The lowest BCUT2D eigenvalue weighted by Crippen LogP contribution is -1.96. The highest BCUT2D eigenvalue weighted by Crippen LogP contribution is 2.34. The molecule has 1 atom stereocenters. The standard InChI is InChI=1S/C23H21N3S2/c27-20(13-16-28-19-11-14-24-15-12-19)23-25-21(17-7-3-1-4-8-17)22(26-23)18-9-5-2-6-10-18/h1-12,14-15,20,27H,13,16H2,(H,25,26). The molecular weight excluding hydrogens is 382 g/mol. The van der Waals surface area contributed by atoms with Crippen LogP contribution in [0.4, 0.5) is 0 Å². The van der Waals surface area contributed by atoms with Gasteiger partial charge in [0.2, 0.25) is 0 Å². The summed E-state index contributed by atoms with van der Waals surface area (Å²) in [5.74, 6) is 1.89. The zero-order valence-corrected chi connectivity index (χ0v) is 17.0. The molecular formula is C23H21N3S2. The average molecular weight is 404 g/mol. The van der Waals surface area contributed by atoms with Crippen LogP contribution in [0.2, 0.25) is 0 Å². The molecule has 2 aromatic heterocycles. The number of aromatic amines is 1. The SMILES string of the molecule is SC(CCSc1ccncc1)c1nc(-c2ccccc2)c(-c2ccccc2)[nH]1. The van der Waals surface area contributed by atoms with Gasteiger partial charge in [-0.05, 0) is 24.3 Å². The lowest BCUT2D eigenvalue weighted by molar-refractivity contribution is 0.848. The average Bonchev–Trinajstić information content (AvgIpc) is 3.21. The Kier molecular flexibility index (Phi) is 6.14. The Hall–Kier alpha value is -2.50. The molecule has 0 spiro atoms. The van der Waals surface area contributed by atoms with Crippen LogP contribution in [0.15, 0.2) is 90.1 Å². The van der Waals surface area contributed by atoms with Crippen LogP contribution in [-0.4, -0.2) is 20.7 Å². The van der Waals surface area contributed by atoms with E-state index < -0.39 is 0 Å². The molecule has 0 aliphatic rings. The highest BCUT2D eigenvalue weighted by atomic mass is 32.2. The van der Waals surface area contributed by atoms with Gasteiger partial charge in [0.1, 0.15) is 5.82 Å². The first-order valence-corrected chi connectivity index (χ1v) is 10.7. The van der Waals surface area contributed by atoms with Crippen LogP contribution in [0.3, 0.4) is 0 Å². The number of pyridine rings is 1. The number of imidazole rings is 1. The molecule has 0 aliphatic carbocycles. The first-order chi connectivity index (χ1) is 13.8. The number of H-pyrrole nitrogens is 1. The van der Waals surface area contributed by atoms with E-state index in [1.807, 2.05) is 72.7 Å². The van der Waals surface area contributed by atoms with Crippen molar-refractivity contribution in [2.75, 3.05) is 5.75 Å². The molecule has 0 saturated heterocycles. The van der Waals surface area contributed by atoms with Crippen molar-refractivity contribution in [1.82, 2.24) is 15.0 Å². The second kappa shape index (κ2) is 9.13. The zero-order chi connectivity index (χ0) is 19.2. The van der Waals surface area contributed by atoms with Crippen LogP contribution in [0.5, 0.6) is 0 Å². The third-order valence-corrected chi connectivity index (χ3v) is 6.01. The van der Waals surface area contributed by atoms with Crippen molar-refractivity contribution >= 4 is 24.4 Å². The number of nitrogens with one attached hydrogen (secondary N) is 1. The van der Waals surface area contributed by atoms with Crippen molar-refractivity contribution in [1.29, 1.82) is 0 Å². The smallest absolute Gasteiger partial charge is 0.120 e. The maximum absolute atomic E-state index is 4.93. The number of aromatic nitrogens is 3. The van der Waals surface area contributed by atoms with Crippen LogP contribution < -0.4 is 0 Å². The van der Waals surface area contributed by atoms with Crippen molar-refractivity contribution in [3.63, 3.8) is 0 Å². The van der Waals surface area contributed by atoms with Gasteiger partial charge in [-0.25, -0.2) is 4.98 Å². The van der Waals surface area contributed by atoms with E-state index in [0.29, 0.717) is 0 Å². The van der Waals surface area contributed by atoms with E-state index in [1.54, 1.807) is 0 Å². The third-order valence-electron chi connectivity index (χ3n) is 4.46. The predicted molar refractivity (Wildman–Crippen MR) is 121 cm³/mol. The number of thiol groups is 1. The Bertz CT molecular complexity index is 945. The Morgan fingerprint density at radius 3 is 2.18 bits per heavy atom. The monoisotopic (exact) mass is 403 g/mol. The summed E-state index contributed by atoms with van der Waals surface area (Å²) in [5.41, 5.74) is 4.26. The summed E-state index contributed by atoms with van der Waals surface area (Å²) in [6, 6.07) is 24.7. The van der Waals surface area contributed by atoms with Crippen LogP contribution in [0.1, 0.15) is 17.5 Å². The van der Waals surface area contributed by atoms with Gasteiger partial charge in [0.25, 0.3) is 0 Å². The van der Waals surface area contributed by atoms with E-state index in [-0.39, 0.29) is 5.25 Å². The highest BCUT2D eigenvalue weighted by molar-refractivity contribution is 7.99. The fraction of sp³-hybridized carbons (Fsp3) is 0.130. The summed E-state index contributed by atoms with van der Waals surface area (Å²) in [6.07, 6.45) is 4.57. The Morgan fingerprint density at radius 1 is 0.857 bits per heavy atom. The van der Waals surface area contributed by atoms with Crippen LogP contribution >= 0.6 is 24.4 Å². The fourth-order valence-corrected chi connectivity index (χ4v) is 4.36. The number of hydrogen-bond donors (Lipinski definition) is 2. The topological polar surface area (TPSA) is 41.6 Å². The van der Waals surface area contributed by atoms with Crippen molar-refractivity contribution < 1.29 is 0 Å². The molecule has 28 heavy (non-hydrogen) atoms. The molecule has 0 saturated carbocycles. The van der Waals surface area contributed by atoms with E-state index in [4.69, 9.17) is 17.6 Å². The minimum atomic E-state index is 0.0502. The van der Waals surface area contributed by atoms with Crippen molar-refractivity contribution in [3.05, 3.63) is 91.0 Å². The van der Waals surface area contributed by atoms with E-state index in [9.17, 15) is 0 Å². The molecule has 2 aromatic carbocycles. The first kappa shape index (κ1) is 18.8. The van der Waals surface area contributed by atoms with Gasteiger partial charge in [-0.1, -0.05) is 60.7 Å². The maximum Gasteiger partial charge on any atom is 0.120 e. The highest BCUT2D eigenvalue weighted by Gasteiger charge is 2.18. The molecule has 2 heterocycles. The molecule has 3 nitrogen and oxygen atoms in total. The summed E-state index contributed by atoms with van der Waals surface area (Å²) < 4.78 is 0. The fourth-order valence-electron chi connectivity index (χ4n) is 3.03. The molecule has 4 aromatic rings. The largest absolute Gasteiger partial charge is 0.341 e. The molecule has 4 rings (SSSR count). The van der Waals surface area contributed by atoms with E-state index in [1.165, 1.54) is 4.90 Å². The first-order valence-electron chi connectivity index (χ1n) is 9.23. The van der Waals surface area contributed by atoms with Gasteiger partial charge >= 0.3 is 0 Å². The molecule has 0 aliphatic heterocycles. The minimum Gasteiger partial charge on any atom is -0.341 e. The Balaban J connectivity index is 1.56. The minimum absolute atomic E-state index is 0.0502. The second-order valence-corrected chi connectivity index (χ2v) is 8.21. The summed E-state index contributed by atoms with van der Waals surface area (Å²) in [7, 11) is 0. The number of thioether (sulfide) groups is 1. The van der Waals surface area contributed by atoms with E-state index in [2.05, 4.69) is 34.2 Å². The number of nitrogens with zero attached hydrogens (tertiary/aromatic N) is 2. The molecule has 0 fully saturated rings. The van der Waals surface area contributed by atoms with Crippen LogP contribution in [0.25, 0.3) is 22.5 Å². The van der Waals surface area contributed by atoms with Crippen molar-refractivity contribution in [3.8, 4) is 22.5 Å². The molecule has 0 amide bonds. The molecule has 1 unspecified atom stereocenters. The third kappa shape index (κ3) is 4.49. The van der Waals surface area contributed by atoms with Crippen LogP contribution in [0, 0.1) is 0 Å². The van der Waals surface area contributed by atoms with Gasteiger partial charge in [-0.15, -0.1) is 11.8 Å². The van der Waals surface area contributed by atoms with Gasteiger partial charge in [-0.2, -0.15) is 12.6 Å². The summed E-state index contributed by atoms with van der Waals surface area (Å²) in [6.45, 7) is 0. The zero-order valence-electron chi connectivity index (χ0n) is 15.3. The molecule has 1 N–H and O–H groups in total. The predicted octanol–water partition coefficient (Wildman–Crippen LogP) is 6.29. The van der Waals surface area contributed by atoms with Crippen molar-refractivity contribution in [2.24, 2.45) is 0 Å². The van der Waals surface area contributed by atoms with E-state index >= 15 is 0 Å². The number of rotatable bonds is 7. The van der Waals surface area contributed by atoms with Gasteiger partial charge < -0.3 is 4.98 Å². The summed E-state index contributed by atoms with van der Waals surface area (Å²) >= 11 is 6.65.